The zero-order chi connectivity index (χ0) is 67.9. The Kier molecular flexibility index (Phi) is 64.3. The van der Waals surface area contributed by atoms with Crippen molar-refractivity contribution in [3.8, 4) is 0 Å². The number of unbranched alkanes of at least 4 members (excludes halogenated alkanes) is 28. The zero-order valence-electron chi connectivity index (χ0n) is 61.3. The molecule has 0 aliphatic heterocycles. The van der Waals surface area contributed by atoms with Gasteiger partial charge in [-0.2, -0.15) is 0 Å². The largest absolute Gasteiger partial charge is 0.481 e. The molecule has 4 aliphatic carbocycles. The maximum Gasteiger partial charge on any atom is 0.307 e. The highest BCUT2D eigenvalue weighted by Gasteiger charge is 2.37. The molecule has 0 aromatic rings. The molecule has 12 nitrogen and oxygen atoms in total. The predicted molar refractivity (Wildman–Crippen MR) is 392 cm³/mol. The van der Waals surface area contributed by atoms with E-state index in [2.05, 4.69) is 27.7 Å². The number of carboxylic acid groups (broad SMARTS) is 4. The molecule has 0 spiro atoms. The van der Waals surface area contributed by atoms with Crippen LogP contribution in [-0.2, 0) is 19.2 Å². The molecule has 4 saturated carbocycles. The van der Waals surface area contributed by atoms with Crippen LogP contribution in [0.3, 0.4) is 0 Å². The Morgan fingerprint density at radius 2 is 0.413 bits per heavy atom. The molecule has 10 unspecified atom stereocenters. The van der Waals surface area contributed by atoms with Crippen LogP contribution in [0, 0.1) is 59.2 Å². The highest BCUT2D eigenvalue weighted by Crippen LogP contribution is 2.39. The van der Waals surface area contributed by atoms with E-state index in [9.17, 15) is 19.2 Å². The molecule has 546 valence electrons. The summed E-state index contributed by atoms with van der Waals surface area (Å²) in [5, 5.41) is 34.1. The fourth-order valence-electron chi connectivity index (χ4n) is 16.4. The summed E-state index contributed by atoms with van der Waals surface area (Å²) in [6, 6.07) is 0. The van der Waals surface area contributed by atoms with E-state index in [0.29, 0.717) is 0 Å². The Morgan fingerprint density at radius 3 is 0.554 bits per heavy atom. The second-order valence-electron chi connectivity index (χ2n) is 29.6. The zero-order valence-corrected chi connectivity index (χ0v) is 61.3. The van der Waals surface area contributed by atoms with Crippen molar-refractivity contribution in [2.45, 2.75) is 400 Å². The second kappa shape index (κ2) is 66.0. The summed E-state index contributed by atoms with van der Waals surface area (Å²) in [5.74, 6) is -1.26. The lowest BCUT2D eigenvalue weighted by molar-refractivity contribution is -0.160. The van der Waals surface area contributed by atoms with Gasteiger partial charge in [-0.15, -0.1) is 0 Å². The Labute approximate surface area is 569 Å². The van der Waals surface area contributed by atoms with Gasteiger partial charge in [0.05, 0.1) is 24.7 Å². The summed E-state index contributed by atoms with van der Waals surface area (Å²) < 4.78 is 0. The van der Waals surface area contributed by atoms with E-state index in [1.54, 1.807) is 0 Å². The number of aliphatic carboxylic acids is 4. The molecular weight excluding hydrogens is 1140 g/mol. The topological polar surface area (TPSA) is 253 Å². The van der Waals surface area contributed by atoms with Gasteiger partial charge in [0, 0.05) is 0 Å². The fourth-order valence-corrected chi connectivity index (χ4v) is 16.4. The van der Waals surface area contributed by atoms with Crippen molar-refractivity contribution in [2.75, 3.05) is 26.2 Å². The number of nitrogens with two attached hydrogens (primary N) is 4. The van der Waals surface area contributed by atoms with Gasteiger partial charge >= 0.3 is 23.9 Å². The highest BCUT2D eigenvalue weighted by atomic mass is 16.4. The van der Waals surface area contributed by atoms with Crippen molar-refractivity contribution in [2.24, 2.45) is 82.1 Å². The minimum atomic E-state index is -1.76. The van der Waals surface area contributed by atoms with E-state index >= 15 is 0 Å². The van der Waals surface area contributed by atoms with Crippen molar-refractivity contribution in [1.82, 2.24) is 0 Å². The van der Waals surface area contributed by atoms with Crippen molar-refractivity contribution in [3.05, 3.63) is 0 Å². The molecule has 4 rings (SSSR count). The van der Waals surface area contributed by atoms with Crippen LogP contribution in [0.2, 0.25) is 0 Å². The number of hydrogen-bond donors (Lipinski definition) is 8. The molecule has 0 saturated heterocycles. The summed E-state index contributed by atoms with van der Waals surface area (Å²) in [4.78, 5) is 41.9. The first-order valence-electron chi connectivity index (χ1n) is 40.5. The quantitative estimate of drug-likeness (QED) is 0.0265. The van der Waals surface area contributed by atoms with Gasteiger partial charge in [0.2, 0.25) is 0 Å². The van der Waals surface area contributed by atoms with Gasteiger partial charge in [0.1, 0.15) is 0 Å². The molecule has 0 amide bonds. The molecule has 92 heavy (non-hydrogen) atoms. The second-order valence-corrected chi connectivity index (χ2v) is 29.6. The lowest BCUT2D eigenvalue weighted by Crippen LogP contribution is -2.33. The van der Waals surface area contributed by atoms with Gasteiger partial charge in [0.25, 0.3) is 0 Å². The minimum absolute atomic E-state index is 0.875. The van der Waals surface area contributed by atoms with Gasteiger partial charge in [-0.1, -0.05) is 362 Å². The van der Waals surface area contributed by atoms with E-state index in [4.69, 9.17) is 43.4 Å². The first-order chi connectivity index (χ1) is 44.8. The van der Waals surface area contributed by atoms with E-state index < -0.39 is 48.6 Å². The van der Waals surface area contributed by atoms with Crippen LogP contribution in [0.4, 0.5) is 0 Å². The lowest BCUT2D eigenvalue weighted by atomic mass is 9.75. The number of carboxylic acids is 4. The minimum Gasteiger partial charge on any atom is -0.481 e. The Bertz CT molecular complexity index is 1440. The monoisotopic (exact) mass is 1300 g/mol. The van der Waals surface area contributed by atoms with E-state index in [-0.39, 0.29) is 0 Å². The number of carbonyl (C=O) groups is 4. The third-order valence-electron chi connectivity index (χ3n) is 22.4. The first kappa shape index (κ1) is 89.7. The van der Waals surface area contributed by atoms with E-state index in [1.165, 1.54) is 360 Å². The van der Waals surface area contributed by atoms with Crippen LogP contribution in [-0.4, -0.2) is 70.5 Å². The number of hydrogen-bond acceptors (Lipinski definition) is 8. The fraction of sp³-hybridized carbons (Fsp3) is 0.950. The van der Waals surface area contributed by atoms with E-state index in [0.717, 1.165) is 73.5 Å². The van der Waals surface area contributed by atoms with Crippen molar-refractivity contribution in [3.63, 3.8) is 0 Å². The van der Waals surface area contributed by atoms with Crippen molar-refractivity contribution < 1.29 is 39.6 Å². The van der Waals surface area contributed by atoms with Gasteiger partial charge < -0.3 is 43.4 Å². The molecule has 0 bridgehead atoms. The van der Waals surface area contributed by atoms with Crippen LogP contribution in [0.25, 0.3) is 0 Å². The van der Waals surface area contributed by atoms with Crippen molar-refractivity contribution >= 4 is 23.9 Å². The standard InChI is InChI=1S/4C18H37N.C8H10O8/c4*1-2-17-13-10-11-15-18(17)14-9-7-5-3-4-6-8-12-16-19;9-5(10)1-3(7(13)14)4(8(15)16)2-6(11)12/h4*17-18H,2-16,19H2,1H3;3-4H,1-2H2,(H,9,10)(H,11,12)(H,13,14)(H,15,16). The van der Waals surface area contributed by atoms with Crippen LogP contribution in [0.5, 0.6) is 0 Å². The Balaban J connectivity index is 0.00000113. The third kappa shape index (κ3) is 51.0. The Morgan fingerprint density at radius 1 is 0.261 bits per heavy atom. The molecule has 0 aromatic carbocycles. The molecular formula is C80H158N4O8. The number of rotatable bonds is 51. The molecule has 0 aromatic heterocycles. The maximum absolute atomic E-state index is 10.6. The molecule has 12 heteroatoms. The summed E-state index contributed by atoms with van der Waals surface area (Å²) in [5.41, 5.74) is 22.0. The molecule has 4 aliphatic rings. The van der Waals surface area contributed by atoms with Crippen LogP contribution >= 0.6 is 0 Å². The molecule has 0 heterocycles. The van der Waals surface area contributed by atoms with Crippen LogP contribution in [0.15, 0.2) is 0 Å². The Hall–Kier alpha value is -2.28. The lowest BCUT2D eigenvalue weighted by Gasteiger charge is -2.30. The average Bonchev–Trinajstić information content (AvgIpc) is 1.40. The molecule has 10 atom stereocenters. The third-order valence-corrected chi connectivity index (χ3v) is 22.4. The maximum atomic E-state index is 10.6. The molecule has 4 fully saturated rings. The van der Waals surface area contributed by atoms with E-state index in [1.807, 2.05) is 0 Å². The molecule has 12 N–H and O–H groups in total. The van der Waals surface area contributed by atoms with Gasteiger partial charge in [-0.05, 0) is 99.2 Å². The van der Waals surface area contributed by atoms with Gasteiger partial charge in [0.15, 0.2) is 0 Å². The SMILES string of the molecule is CCC1CCCCC1CCCCCCCCCCN.CCC1CCCCC1CCCCCCCCCCN.CCC1CCCCC1CCCCCCCCCCN.CCC1CCCCC1CCCCCCCCCCN.O=C(O)CC(C(=O)O)C(CC(=O)O)C(=O)O. The summed E-state index contributed by atoms with van der Waals surface area (Å²) in [6.07, 6.45) is 79.2. The first-order valence-corrected chi connectivity index (χ1v) is 40.5. The average molecular weight is 1300 g/mol. The van der Waals surface area contributed by atoms with Crippen LogP contribution in [0.1, 0.15) is 400 Å². The molecule has 0 radical (unpaired) electrons. The summed E-state index contributed by atoms with van der Waals surface area (Å²) >= 11 is 0. The van der Waals surface area contributed by atoms with Crippen LogP contribution < -0.4 is 22.9 Å². The summed E-state index contributed by atoms with van der Waals surface area (Å²) in [7, 11) is 0. The summed E-state index contributed by atoms with van der Waals surface area (Å²) in [6.45, 7) is 13.1. The predicted octanol–water partition coefficient (Wildman–Crippen LogP) is 22.0. The van der Waals surface area contributed by atoms with Gasteiger partial charge in [-0.3, -0.25) is 19.2 Å². The highest BCUT2D eigenvalue weighted by molar-refractivity contribution is 5.86. The van der Waals surface area contributed by atoms with Gasteiger partial charge in [-0.25, -0.2) is 0 Å². The van der Waals surface area contributed by atoms with Crippen molar-refractivity contribution in [1.29, 1.82) is 0 Å². The smallest absolute Gasteiger partial charge is 0.307 e. The normalized spacial score (nSPS) is 22.0.